The number of piperazine rings is 1. The number of halogens is 2. The van der Waals surface area contributed by atoms with E-state index in [-0.39, 0.29) is 36.7 Å². The fourth-order valence-corrected chi connectivity index (χ4v) is 2.21. The Balaban J connectivity index is 0.00000180. The number of methoxy groups -OCH3 is 1. The zero-order chi connectivity index (χ0) is 13.0. The number of carbonyl (C=O) groups is 1. The average Bonchev–Trinajstić information content (AvgIpc) is 2.47. The second kappa shape index (κ2) is 9.06. The van der Waals surface area contributed by atoms with Crippen LogP contribution in [0.4, 0.5) is 5.69 Å². The molecule has 1 saturated heterocycles. The van der Waals surface area contributed by atoms with E-state index < -0.39 is 0 Å². The first kappa shape index (κ1) is 19.0. The second-order valence-electron chi connectivity index (χ2n) is 4.57. The maximum atomic E-state index is 11.5. The summed E-state index contributed by atoms with van der Waals surface area (Å²) in [6.45, 7) is 5.99. The largest absolute Gasteiger partial charge is 0.469 e. The number of benzene rings is 1. The molecule has 1 fully saturated rings. The molecule has 0 aromatic heterocycles. The van der Waals surface area contributed by atoms with Crippen molar-refractivity contribution in [2.45, 2.75) is 12.8 Å². The summed E-state index contributed by atoms with van der Waals surface area (Å²) < 4.78 is 4.76. The third-order valence-corrected chi connectivity index (χ3v) is 3.43. The molecule has 0 bridgehead atoms. The van der Waals surface area contributed by atoms with E-state index in [1.54, 1.807) is 0 Å². The van der Waals surface area contributed by atoms with Crippen molar-refractivity contribution in [2.24, 2.45) is 0 Å². The van der Waals surface area contributed by atoms with Crippen molar-refractivity contribution in [3.8, 4) is 0 Å². The summed E-state index contributed by atoms with van der Waals surface area (Å²) in [5, 5.41) is 3.33. The molecule has 1 aliphatic rings. The van der Waals surface area contributed by atoms with Gasteiger partial charge in [0, 0.05) is 31.9 Å². The van der Waals surface area contributed by atoms with Crippen molar-refractivity contribution in [2.75, 3.05) is 38.2 Å². The van der Waals surface area contributed by atoms with Gasteiger partial charge >= 0.3 is 5.97 Å². The van der Waals surface area contributed by atoms with Crippen LogP contribution in [-0.4, -0.2) is 39.3 Å². The zero-order valence-corrected chi connectivity index (χ0v) is 13.4. The van der Waals surface area contributed by atoms with Crippen LogP contribution in [0.1, 0.15) is 18.4 Å². The SMILES string of the molecule is COC(=O)C(C)c1ccc(N2CCNCC2)cc1.Cl.Cl. The average molecular weight is 321 g/mol. The number of anilines is 1. The summed E-state index contributed by atoms with van der Waals surface area (Å²) in [4.78, 5) is 13.8. The molecule has 0 spiro atoms. The van der Waals surface area contributed by atoms with Crippen molar-refractivity contribution in [1.82, 2.24) is 5.32 Å². The Hall–Kier alpha value is -0.970. The number of ether oxygens (including phenoxy) is 1. The van der Waals surface area contributed by atoms with Crippen molar-refractivity contribution < 1.29 is 9.53 Å². The number of rotatable bonds is 3. The lowest BCUT2D eigenvalue weighted by atomic mass is 10.0. The van der Waals surface area contributed by atoms with Crippen LogP contribution in [0.3, 0.4) is 0 Å². The first-order valence-electron chi connectivity index (χ1n) is 6.36. The number of hydrogen-bond acceptors (Lipinski definition) is 4. The molecule has 6 heteroatoms. The lowest BCUT2D eigenvalue weighted by Crippen LogP contribution is -2.43. The third-order valence-electron chi connectivity index (χ3n) is 3.43. The molecule has 1 unspecified atom stereocenters. The molecule has 20 heavy (non-hydrogen) atoms. The smallest absolute Gasteiger partial charge is 0.312 e. The molecule has 1 atom stereocenters. The van der Waals surface area contributed by atoms with Gasteiger partial charge in [-0.1, -0.05) is 12.1 Å². The number of hydrogen-bond donors (Lipinski definition) is 1. The lowest BCUT2D eigenvalue weighted by molar-refractivity contribution is -0.141. The molecule has 1 aromatic carbocycles. The Morgan fingerprint density at radius 1 is 1.20 bits per heavy atom. The van der Waals surface area contributed by atoms with E-state index in [4.69, 9.17) is 4.74 Å². The van der Waals surface area contributed by atoms with Gasteiger partial charge in [-0.15, -0.1) is 24.8 Å². The van der Waals surface area contributed by atoms with Crippen molar-refractivity contribution in [1.29, 1.82) is 0 Å². The Morgan fingerprint density at radius 2 is 1.75 bits per heavy atom. The van der Waals surface area contributed by atoms with Crippen LogP contribution in [0, 0.1) is 0 Å². The van der Waals surface area contributed by atoms with E-state index in [0.29, 0.717) is 0 Å². The predicted octanol–water partition coefficient (Wildman–Crippen LogP) is 2.22. The maximum absolute atomic E-state index is 11.5. The van der Waals surface area contributed by atoms with E-state index in [0.717, 1.165) is 31.7 Å². The quantitative estimate of drug-likeness (QED) is 0.867. The molecule has 0 amide bonds. The molecule has 0 saturated carbocycles. The molecule has 1 heterocycles. The van der Waals surface area contributed by atoms with Crippen molar-refractivity contribution >= 4 is 36.5 Å². The zero-order valence-electron chi connectivity index (χ0n) is 11.8. The normalized spacial score (nSPS) is 15.6. The molecule has 0 aliphatic carbocycles. The highest BCUT2D eigenvalue weighted by molar-refractivity contribution is 5.85. The van der Waals surface area contributed by atoms with Crippen LogP contribution in [0.5, 0.6) is 0 Å². The van der Waals surface area contributed by atoms with Crippen LogP contribution < -0.4 is 10.2 Å². The highest BCUT2D eigenvalue weighted by Gasteiger charge is 2.16. The minimum Gasteiger partial charge on any atom is -0.469 e. The van der Waals surface area contributed by atoms with Gasteiger partial charge < -0.3 is 15.0 Å². The molecule has 1 aromatic rings. The minimum absolute atomic E-state index is 0. The molecule has 2 rings (SSSR count). The monoisotopic (exact) mass is 320 g/mol. The van der Waals surface area contributed by atoms with Crippen LogP contribution >= 0.6 is 24.8 Å². The fraction of sp³-hybridized carbons (Fsp3) is 0.500. The highest BCUT2D eigenvalue weighted by Crippen LogP contribution is 2.21. The molecule has 4 nitrogen and oxygen atoms in total. The van der Waals surface area contributed by atoms with E-state index >= 15 is 0 Å². The van der Waals surface area contributed by atoms with Gasteiger partial charge in [-0.25, -0.2) is 0 Å². The van der Waals surface area contributed by atoms with E-state index in [2.05, 4.69) is 22.3 Å². The molecular weight excluding hydrogens is 299 g/mol. The summed E-state index contributed by atoms with van der Waals surface area (Å²) in [5.41, 5.74) is 2.22. The van der Waals surface area contributed by atoms with Crippen LogP contribution in [-0.2, 0) is 9.53 Å². The standard InChI is InChI=1S/C14H20N2O2.2ClH/c1-11(14(17)18-2)12-3-5-13(6-4-12)16-9-7-15-8-10-16;;/h3-6,11,15H,7-10H2,1-2H3;2*1H. The highest BCUT2D eigenvalue weighted by atomic mass is 35.5. The minimum atomic E-state index is -0.202. The van der Waals surface area contributed by atoms with Gasteiger partial charge in [0.2, 0.25) is 0 Å². The predicted molar refractivity (Wildman–Crippen MR) is 86.5 cm³/mol. The number of nitrogens with one attached hydrogen (secondary N) is 1. The molecule has 1 N–H and O–H groups in total. The van der Waals surface area contributed by atoms with Gasteiger partial charge in [-0.05, 0) is 24.6 Å². The number of esters is 1. The van der Waals surface area contributed by atoms with Gasteiger partial charge in [0.15, 0.2) is 0 Å². The Morgan fingerprint density at radius 3 is 2.25 bits per heavy atom. The summed E-state index contributed by atoms with van der Waals surface area (Å²) in [5.74, 6) is -0.392. The van der Waals surface area contributed by atoms with Crippen molar-refractivity contribution in [3.05, 3.63) is 29.8 Å². The topological polar surface area (TPSA) is 41.6 Å². The molecule has 0 radical (unpaired) electrons. The Labute approximate surface area is 132 Å². The van der Waals surface area contributed by atoms with E-state index in [9.17, 15) is 4.79 Å². The van der Waals surface area contributed by atoms with Gasteiger partial charge in [0.25, 0.3) is 0 Å². The second-order valence-corrected chi connectivity index (χ2v) is 4.57. The maximum Gasteiger partial charge on any atom is 0.312 e. The summed E-state index contributed by atoms with van der Waals surface area (Å²) in [6.07, 6.45) is 0. The lowest BCUT2D eigenvalue weighted by Gasteiger charge is -2.29. The summed E-state index contributed by atoms with van der Waals surface area (Å²) >= 11 is 0. The first-order valence-corrected chi connectivity index (χ1v) is 6.36. The van der Waals surface area contributed by atoms with Gasteiger partial charge in [0.1, 0.15) is 0 Å². The van der Waals surface area contributed by atoms with Crippen LogP contribution in [0.15, 0.2) is 24.3 Å². The van der Waals surface area contributed by atoms with Crippen LogP contribution in [0.25, 0.3) is 0 Å². The molecular formula is C14H22Cl2N2O2. The van der Waals surface area contributed by atoms with Crippen molar-refractivity contribution in [3.63, 3.8) is 0 Å². The fourth-order valence-electron chi connectivity index (χ4n) is 2.21. The van der Waals surface area contributed by atoms with Gasteiger partial charge in [0.05, 0.1) is 13.0 Å². The molecule has 1 aliphatic heterocycles. The Bertz CT molecular complexity index is 406. The van der Waals surface area contributed by atoms with Gasteiger partial charge in [-0.3, -0.25) is 4.79 Å². The molecule has 114 valence electrons. The first-order chi connectivity index (χ1) is 8.72. The number of carbonyl (C=O) groups excluding carboxylic acids is 1. The Kier molecular flexibility index (Phi) is 8.62. The number of nitrogens with zero attached hydrogens (tertiary/aromatic N) is 1. The van der Waals surface area contributed by atoms with Gasteiger partial charge in [-0.2, -0.15) is 0 Å². The summed E-state index contributed by atoms with van der Waals surface area (Å²) in [6, 6.07) is 8.19. The van der Waals surface area contributed by atoms with E-state index in [1.807, 2.05) is 19.1 Å². The third kappa shape index (κ3) is 4.54. The van der Waals surface area contributed by atoms with Crippen LogP contribution in [0.2, 0.25) is 0 Å². The van der Waals surface area contributed by atoms with E-state index in [1.165, 1.54) is 12.8 Å². The summed E-state index contributed by atoms with van der Waals surface area (Å²) in [7, 11) is 1.42.